The molecule has 0 radical (unpaired) electrons. The molecule has 1 fully saturated rings. The average molecular weight is 308 g/mol. The first-order valence-electron chi connectivity index (χ1n) is 6.40. The van der Waals surface area contributed by atoms with Gasteiger partial charge in [-0.2, -0.15) is 5.26 Å². The van der Waals surface area contributed by atoms with E-state index in [-0.39, 0.29) is 17.0 Å². The van der Waals surface area contributed by atoms with E-state index < -0.39 is 11.9 Å². The van der Waals surface area contributed by atoms with Crippen LogP contribution in [0.4, 0.5) is 10.5 Å². The largest absolute Gasteiger partial charge is 0.481 e. The predicted octanol–water partition coefficient (Wildman–Crippen LogP) is 2.40. The summed E-state index contributed by atoms with van der Waals surface area (Å²) in [4.78, 5) is 24.3. The Labute approximate surface area is 126 Å². The Kier molecular flexibility index (Phi) is 4.34. The van der Waals surface area contributed by atoms with Crippen molar-refractivity contribution in [3.8, 4) is 6.07 Å². The minimum atomic E-state index is -0.848. The van der Waals surface area contributed by atoms with E-state index in [2.05, 4.69) is 5.32 Å². The van der Waals surface area contributed by atoms with E-state index in [1.165, 1.54) is 17.0 Å². The predicted molar refractivity (Wildman–Crippen MR) is 77.0 cm³/mol. The molecule has 2 amide bonds. The Morgan fingerprint density at radius 2 is 2.19 bits per heavy atom. The second-order valence-electron chi connectivity index (χ2n) is 5.03. The summed E-state index contributed by atoms with van der Waals surface area (Å²) >= 11 is 5.89. The smallest absolute Gasteiger partial charge is 0.321 e. The number of hydrogen-bond acceptors (Lipinski definition) is 3. The number of halogens is 1. The molecule has 0 bridgehead atoms. The van der Waals surface area contributed by atoms with E-state index in [1.807, 2.05) is 6.07 Å². The Morgan fingerprint density at radius 1 is 1.52 bits per heavy atom. The zero-order valence-corrected chi connectivity index (χ0v) is 12.1. The number of nitriles is 1. The molecule has 6 nitrogen and oxygen atoms in total. The molecule has 1 aromatic rings. The van der Waals surface area contributed by atoms with Crippen LogP contribution in [0, 0.1) is 23.2 Å². The molecule has 2 rings (SSSR count). The number of carbonyl (C=O) groups is 2. The highest BCUT2D eigenvalue weighted by atomic mass is 35.5. The van der Waals surface area contributed by atoms with Gasteiger partial charge in [-0.25, -0.2) is 4.79 Å². The third kappa shape index (κ3) is 3.26. The second kappa shape index (κ2) is 6.02. The number of nitrogens with zero attached hydrogens (tertiary/aromatic N) is 2. The van der Waals surface area contributed by atoms with Gasteiger partial charge >= 0.3 is 12.0 Å². The minimum Gasteiger partial charge on any atom is -0.481 e. The molecule has 0 aliphatic carbocycles. The van der Waals surface area contributed by atoms with Gasteiger partial charge in [0.15, 0.2) is 0 Å². The minimum absolute atomic E-state index is 0.0159. The lowest BCUT2D eigenvalue weighted by Gasteiger charge is -2.41. The van der Waals surface area contributed by atoms with Crippen molar-refractivity contribution in [3.63, 3.8) is 0 Å². The van der Waals surface area contributed by atoms with Crippen LogP contribution in [-0.2, 0) is 4.79 Å². The average Bonchev–Trinajstić information content (AvgIpc) is 2.36. The first-order valence-corrected chi connectivity index (χ1v) is 6.78. The number of anilines is 1. The van der Waals surface area contributed by atoms with Gasteiger partial charge in [-0.15, -0.1) is 0 Å². The van der Waals surface area contributed by atoms with Crippen molar-refractivity contribution in [2.75, 3.05) is 18.4 Å². The monoisotopic (exact) mass is 307 g/mol. The van der Waals surface area contributed by atoms with Crippen LogP contribution in [0.15, 0.2) is 18.2 Å². The fraction of sp³-hybridized carbons (Fsp3) is 0.357. The number of carboxylic acid groups (broad SMARTS) is 1. The van der Waals surface area contributed by atoms with Crippen LogP contribution in [0.1, 0.15) is 12.5 Å². The third-order valence-electron chi connectivity index (χ3n) is 3.63. The highest BCUT2D eigenvalue weighted by molar-refractivity contribution is 6.32. The molecule has 21 heavy (non-hydrogen) atoms. The van der Waals surface area contributed by atoms with Crippen molar-refractivity contribution >= 4 is 29.3 Å². The van der Waals surface area contributed by atoms with Crippen LogP contribution in [0.25, 0.3) is 0 Å². The Bertz CT molecular complexity index is 620. The Morgan fingerprint density at radius 3 is 2.71 bits per heavy atom. The maximum Gasteiger partial charge on any atom is 0.321 e. The molecule has 7 heteroatoms. The van der Waals surface area contributed by atoms with Crippen LogP contribution in [0.3, 0.4) is 0 Å². The van der Waals surface area contributed by atoms with Crippen LogP contribution < -0.4 is 5.32 Å². The van der Waals surface area contributed by atoms with Crippen LogP contribution in [0.2, 0.25) is 5.02 Å². The summed E-state index contributed by atoms with van der Waals surface area (Å²) in [6, 6.07) is 6.27. The number of likely N-dealkylation sites (tertiary alicyclic amines) is 1. The summed E-state index contributed by atoms with van der Waals surface area (Å²) in [5.41, 5.74) is 0.840. The van der Waals surface area contributed by atoms with Crippen LogP contribution >= 0.6 is 11.6 Å². The normalized spacial score (nSPS) is 15.8. The van der Waals surface area contributed by atoms with E-state index in [9.17, 15) is 9.59 Å². The number of amides is 2. The lowest BCUT2D eigenvalue weighted by molar-refractivity contribution is -0.144. The number of urea groups is 1. The molecule has 1 heterocycles. The SMILES string of the molecule is CC(C(=O)O)C1CN(C(=O)Nc2ccc(C#N)c(Cl)c2)C1. The number of rotatable bonds is 3. The molecule has 1 saturated heterocycles. The molecule has 0 aromatic heterocycles. The maximum atomic E-state index is 12.0. The quantitative estimate of drug-likeness (QED) is 0.896. The van der Waals surface area contributed by atoms with Gasteiger partial charge in [0.25, 0.3) is 0 Å². The summed E-state index contributed by atoms with van der Waals surface area (Å²) in [5.74, 6) is -1.32. The molecule has 1 aliphatic rings. The molecule has 110 valence electrons. The van der Waals surface area contributed by atoms with Gasteiger partial charge in [0, 0.05) is 24.7 Å². The highest BCUT2D eigenvalue weighted by Gasteiger charge is 2.37. The first kappa shape index (κ1) is 15.1. The molecule has 1 aromatic carbocycles. The molecule has 0 saturated carbocycles. The molecule has 1 atom stereocenters. The third-order valence-corrected chi connectivity index (χ3v) is 3.95. The van der Waals surface area contributed by atoms with Gasteiger partial charge in [0.05, 0.1) is 16.5 Å². The van der Waals surface area contributed by atoms with E-state index >= 15 is 0 Å². The van der Waals surface area contributed by atoms with E-state index in [1.54, 1.807) is 13.0 Å². The van der Waals surface area contributed by atoms with Crippen molar-refractivity contribution in [1.82, 2.24) is 4.90 Å². The van der Waals surface area contributed by atoms with Gasteiger partial charge in [0.1, 0.15) is 6.07 Å². The molecular weight excluding hydrogens is 294 g/mol. The molecule has 1 unspecified atom stereocenters. The topological polar surface area (TPSA) is 93.4 Å². The van der Waals surface area contributed by atoms with E-state index in [4.69, 9.17) is 22.0 Å². The van der Waals surface area contributed by atoms with Crippen LogP contribution in [0.5, 0.6) is 0 Å². The van der Waals surface area contributed by atoms with Crippen molar-refractivity contribution in [2.45, 2.75) is 6.92 Å². The van der Waals surface area contributed by atoms with Gasteiger partial charge < -0.3 is 15.3 Å². The van der Waals surface area contributed by atoms with Crippen molar-refractivity contribution in [1.29, 1.82) is 5.26 Å². The van der Waals surface area contributed by atoms with Crippen molar-refractivity contribution < 1.29 is 14.7 Å². The summed E-state index contributed by atoms with van der Waals surface area (Å²) in [5, 5.41) is 20.6. The number of aliphatic carboxylic acids is 1. The number of nitrogens with one attached hydrogen (secondary N) is 1. The number of hydrogen-bond donors (Lipinski definition) is 2. The zero-order valence-electron chi connectivity index (χ0n) is 11.3. The fourth-order valence-corrected chi connectivity index (χ4v) is 2.31. The summed E-state index contributed by atoms with van der Waals surface area (Å²) < 4.78 is 0. The van der Waals surface area contributed by atoms with Gasteiger partial charge in [-0.05, 0) is 18.2 Å². The highest BCUT2D eigenvalue weighted by Crippen LogP contribution is 2.25. The lowest BCUT2D eigenvalue weighted by atomic mass is 9.87. The number of benzene rings is 1. The van der Waals surface area contributed by atoms with Crippen LogP contribution in [-0.4, -0.2) is 35.1 Å². The second-order valence-corrected chi connectivity index (χ2v) is 5.44. The zero-order chi connectivity index (χ0) is 15.6. The summed E-state index contributed by atoms with van der Waals surface area (Å²) in [7, 11) is 0. The Balaban J connectivity index is 1.91. The van der Waals surface area contributed by atoms with E-state index in [0.717, 1.165) is 0 Å². The summed E-state index contributed by atoms with van der Waals surface area (Å²) in [6.07, 6.45) is 0. The number of carbonyl (C=O) groups excluding carboxylic acids is 1. The summed E-state index contributed by atoms with van der Waals surface area (Å²) in [6.45, 7) is 2.48. The molecular formula is C14H14ClN3O3. The van der Waals surface area contributed by atoms with Gasteiger partial charge in [-0.3, -0.25) is 4.79 Å². The first-order chi connectivity index (χ1) is 9.92. The lowest BCUT2D eigenvalue weighted by Crippen LogP contribution is -2.54. The number of carboxylic acids is 1. The van der Waals surface area contributed by atoms with Gasteiger partial charge in [-0.1, -0.05) is 18.5 Å². The van der Waals surface area contributed by atoms with Crippen molar-refractivity contribution in [2.24, 2.45) is 11.8 Å². The standard InChI is InChI=1S/C14H14ClN3O3/c1-8(13(19)20)10-6-18(7-10)14(21)17-11-3-2-9(5-16)12(15)4-11/h2-4,8,10H,6-7H2,1H3,(H,17,21)(H,19,20). The Hall–Kier alpha value is -2.26. The molecule has 2 N–H and O–H groups in total. The van der Waals surface area contributed by atoms with E-state index in [0.29, 0.717) is 24.3 Å². The maximum absolute atomic E-state index is 12.0. The van der Waals surface area contributed by atoms with Gasteiger partial charge in [0.2, 0.25) is 0 Å². The van der Waals surface area contributed by atoms with Crippen molar-refractivity contribution in [3.05, 3.63) is 28.8 Å². The molecule has 0 spiro atoms. The fourth-order valence-electron chi connectivity index (χ4n) is 2.08. The molecule has 1 aliphatic heterocycles.